The first kappa shape index (κ1) is 24.6. The van der Waals surface area contributed by atoms with E-state index in [1.54, 1.807) is 23.1 Å². The van der Waals surface area contributed by atoms with Crippen molar-refractivity contribution in [3.8, 4) is 11.5 Å². The molecular formula is C26H21BrN2O5S. The molecule has 1 heterocycles. The van der Waals surface area contributed by atoms with Crippen molar-refractivity contribution in [1.29, 1.82) is 0 Å². The molecule has 9 heteroatoms. The van der Waals surface area contributed by atoms with E-state index < -0.39 is 5.97 Å². The van der Waals surface area contributed by atoms with Gasteiger partial charge < -0.3 is 14.2 Å². The second-order valence-corrected chi connectivity index (χ2v) is 9.07. The van der Waals surface area contributed by atoms with Gasteiger partial charge in [-0.15, -0.1) is 0 Å². The lowest BCUT2D eigenvalue weighted by Gasteiger charge is -2.15. The van der Waals surface area contributed by atoms with Gasteiger partial charge in [0.15, 0.2) is 23.3 Å². The van der Waals surface area contributed by atoms with Crippen molar-refractivity contribution < 1.29 is 23.8 Å². The fourth-order valence-electron chi connectivity index (χ4n) is 3.24. The maximum Gasteiger partial charge on any atom is 0.343 e. The molecule has 0 unspecified atom stereocenters. The van der Waals surface area contributed by atoms with E-state index in [-0.39, 0.29) is 12.5 Å². The van der Waals surface area contributed by atoms with E-state index >= 15 is 0 Å². The van der Waals surface area contributed by atoms with Crippen LogP contribution in [0.3, 0.4) is 0 Å². The van der Waals surface area contributed by atoms with Gasteiger partial charge in [-0.2, -0.15) is 0 Å². The lowest BCUT2D eigenvalue weighted by molar-refractivity contribution is -0.142. The lowest BCUT2D eigenvalue weighted by Crippen LogP contribution is -2.28. The molecule has 1 fully saturated rings. The molecule has 7 nitrogen and oxygen atoms in total. The number of amides is 1. The number of esters is 1. The molecule has 4 rings (SSSR count). The van der Waals surface area contributed by atoms with E-state index in [1.165, 1.54) is 26.0 Å². The van der Waals surface area contributed by atoms with Crippen molar-refractivity contribution in [2.75, 3.05) is 25.7 Å². The number of hydrogen-bond acceptors (Lipinski definition) is 7. The average Bonchev–Trinajstić information content (AvgIpc) is 3.18. The van der Waals surface area contributed by atoms with Gasteiger partial charge >= 0.3 is 5.97 Å². The number of aliphatic imine (C=N–C) groups is 1. The smallest absolute Gasteiger partial charge is 0.343 e. The number of anilines is 1. The highest BCUT2D eigenvalue weighted by Gasteiger charge is 2.35. The van der Waals surface area contributed by atoms with Crippen molar-refractivity contribution >= 4 is 62.2 Å². The maximum atomic E-state index is 13.5. The van der Waals surface area contributed by atoms with Crippen LogP contribution in [0.1, 0.15) is 5.56 Å². The highest BCUT2D eigenvalue weighted by atomic mass is 79.9. The van der Waals surface area contributed by atoms with Crippen LogP contribution in [0.5, 0.6) is 11.5 Å². The van der Waals surface area contributed by atoms with Gasteiger partial charge in [0.1, 0.15) is 0 Å². The Labute approximate surface area is 215 Å². The summed E-state index contributed by atoms with van der Waals surface area (Å²) in [6, 6.07) is 22.3. The number of nitrogens with zero attached hydrogens (tertiary/aromatic N) is 2. The van der Waals surface area contributed by atoms with Crippen LogP contribution in [0, 0.1) is 0 Å². The monoisotopic (exact) mass is 552 g/mol. The summed E-state index contributed by atoms with van der Waals surface area (Å²) in [4.78, 5) is 31.8. The molecule has 0 atom stereocenters. The van der Waals surface area contributed by atoms with Gasteiger partial charge in [0, 0.05) is 4.47 Å². The Morgan fingerprint density at radius 1 is 1.03 bits per heavy atom. The first-order valence-corrected chi connectivity index (χ1v) is 12.1. The molecule has 0 aliphatic carbocycles. The van der Waals surface area contributed by atoms with Gasteiger partial charge in [-0.25, -0.2) is 9.79 Å². The molecule has 3 aromatic carbocycles. The van der Waals surface area contributed by atoms with E-state index in [1.807, 2.05) is 60.7 Å². The molecule has 178 valence electrons. The molecule has 1 aliphatic rings. The molecule has 35 heavy (non-hydrogen) atoms. The van der Waals surface area contributed by atoms with Gasteiger partial charge in [-0.05, 0) is 59.8 Å². The molecule has 0 N–H and O–H groups in total. The summed E-state index contributed by atoms with van der Waals surface area (Å²) in [6.45, 7) is -0.251. The van der Waals surface area contributed by atoms with E-state index in [9.17, 15) is 9.59 Å². The molecule has 1 aliphatic heterocycles. The third-order valence-corrected chi connectivity index (χ3v) is 6.60. The van der Waals surface area contributed by atoms with Crippen LogP contribution >= 0.6 is 27.7 Å². The van der Waals surface area contributed by atoms with Crippen LogP contribution in [0.15, 0.2) is 87.2 Å². The van der Waals surface area contributed by atoms with Crippen molar-refractivity contribution in [2.45, 2.75) is 0 Å². The number of methoxy groups -OCH3 is 2. The van der Waals surface area contributed by atoms with Gasteiger partial charge in [0.05, 0.1) is 30.5 Å². The highest BCUT2D eigenvalue weighted by Crippen LogP contribution is 2.40. The van der Waals surface area contributed by atoms with Gasteiger partial charge in [-0.3, -0.25) is 9.69 Å². The molecule has 1 saturated heterocycles. The SMILES string of the molecule is COC(=O)COc1cc(Br)c(/C=C2\SC(=Nc3ccccc3)N(c3ccccc3)C2=O)cc1OC. The number of amidine groups is 1. The Bertz CT molecular complexity index is 1300. The Morgan fingerprint density at radius 3 is 2.37 bits per heavy atom. The number of thioether (sulfide) groups is 1. The van der Waals surface area contributed by atoms with E-state index in [0.717, 1.165) is 11.4 Å². The summed E-state index contributed by atoms with van der Waals surface area (Å²) in [5.74, 6) is 0.0911. The fourth-order valence-corrected chi connectivity index (χ4v) is 4.67. The topological polar surface area (TPSA) is 77.4 Å². The third kappa shape index (κ3) is 5.75. The highest BCUT2D eigenvalue weighted by molar-refractivity contribution is 9.10. The average molecular weight is 553 g/mol. The van der Waals surface area contributed by atoms with Crippen LogP contribution < -0.4 is 14.4 Å². The standard InChI is InChI=1S/C26H21BrN2O5S/c1-32-21-13-17(20(27)15-22(21)34-16-24(30)33-2)14-23-25(31)29(19-11-7-4-8-12-19)26(35-23)28-18-9-5-3-6-10-18/h3-15H,16H2,1-2H3/b23-14-,28-26?. The third-order valence-electron chi connectivity index (χ3n) is 4.94. The summed E-state index contributed by atoms with van der Waals surface area (Å²) in [7, 11) is 2.79. The molecule has 0 aromatic heterocycles. The van der Waals surface area contributed by atoms with E-state index in [4.69, 9.17) is 14.5 Å². The van der Waals surface area contributed by atoms with Gasteiger partial charge in [0.25, 0.3) is 5.91 Å². The minimum absolute atomic E-state index is 0.187. The molecule has 1 amide bonds. The number of ether oxygens (including phenoxy) is 3. The molecule has 3 aromatic rings. The minimum Gasteiger partial charge on any atom is -0.493 e. The zero-order valence-electron chi connectivity index (χ0n) is 18.9. The summed E-state index contributed by atoms with van der Waals surface area (Å²) < 4.78 is 16.2. The summed E-state index contributed by atoms with van der Waals surface area (Å²) in [5, 5.41) is 0.555. The predicted molar refractivity (Wildman–Crippen MR) is 141 cm³/mol. The van der Waals surface area contributed by atoms with Crippen LogP contribution in [-0.2, 0) is 14.3 Å². The normalized spacial score (nSPS) is 15.5. The Hall–Kier alpha value is -3.56. The van der Waals surface area contributed by atoms with Crippen LogP contribution in [0.2, 0.25) is 0 Å². The summed E-state index contributed by atoms with van der Waals surface area (Å²) in [6.07, 6.45) is 1.77. The number of hydrogen-bond donors (Lipinski definition) is 0. The Kier molecular flexibility index (Phi) is 7.89. The van der Waals surface area contributed by atoms with E-state index in [0.29, 0.717) is 31.6 Å². The maximum absolute atomic E-state index is 13.5. The van der Waals surface area contributed by atoms with Crippen molar-refractivity contribution in [2.24, 2.45) is 4.99 Å². The molecular weight excluding hydrogens is 532 g/mol. The molecule has 0 saturated carbocycles. The minimum atomic E-state index is -0.506. The number of carbonyl (C=O) groups excluding carboxylic acids is 2. The number of benzene rings is 3. The number of para-hydroxylation sites is 2. The molecule has 0 bridgehead atoms. The molecule has 0 radical (unpaired) electrons. The fraction of sp³-hybridized carbons (Fsp3) is 0.115. The quantitative estimate of drug-likeness (QED) is 0.271. The van der Waals surface area contributed by atoms with Gasteiger partial charge in [-0.1, -0.05) is 52.3 Å². The second kappa shape index (κ2) is 11.2. The second-order valence-electron chi connectivity index (χ2n) is 7.21. The summed E-state index contributed by atoms with van der Waals surface area (Å²) in [5.41, 5.74) is 2.18. The Morgan fingerprint density at radius 2 is 1.71 bits per heavy atom. The zero-order valence-corrected chi connectivity index (χ0v) is 21.3. The lowest BCUT2D eigenvalue weighted by atomic mass is 10.1. The zero-order chi connectivity index (χ0) is 24.8. The first-order valence-electron chi connectivity index (χ1n) is 10.5. The first-order chi connectivity index (χ1) is 17.0. The predicted octanol–water partition coefficient (Wildman–Crippen LogP) is 5.82. The Balaban J connectivity index is 1.71. The van der Waals surface area contributed by atoms with Gasteiger partial charge in [0.2, 0.25) is 0 Å². The summed E-state index contributed by atoms with van der Waals surface area (Å²) >= 11 is 4.82. The van der Waals surface area contributed by atoms with Crippen molar-refractivity contribution in [3.05, 3.63) is 87.7 Å². The van der Waals surface area contributed by atoms with Crippen molar-refractivity contribution in [1.82, 2.24) is 0 Å². The van der Waals surface area contributed by atoms with Crippen molar-refractivity contribution in [3.63, 3.8) is 0 Å². The van der Waals surface area contributed by atoms with E-state index in [2.05, 4.69) is 20.7 Å². The number of rotatable bonds is 7. The molecule has 0 spiro atoms. The largest absolute Gasteiger partial charge is 0.493 e. The van der Waals surface area contributed by atoms with Crippen LogP contribution in [-0.4, -0.2) is 37.9 Å². The number of halogens is 1. The van der Waals surface area contributed by atoms with Crippen LogP contribution in [0.4, 0.5) is 11.4 Å². The number of carbonyl (C=O) groups is 2. The van der Waals surface area contributed by atoms with Crippen LogP contribution in [0.25, 0.3) is 6.08 Å².